The van der Waals surface area contributed by atoms with Crippen LogP contribution in [0, 0.1) is 5.41 Å². The molecule has 0 radical (unpaired) electrons. The van der Waals surface area contributed by atoms with Gasteiger partial charge in [0.25, 0.3) is 0 Å². The van der Waals surface area contributed by atoms with E-state index in [-0.39, 0.29) is 0 Å². The number of aryl methyl sites for hydroxylation is 1. The number of hydrogen-bond acceptors (Lipinski definition) is 2. The first-order valence-electron chi connectivity index (χ1n) is 5.64. The number of rotatable bonds is 4. The average molecular weight is 239 g/mol. The Morgan fingerprint density at radius 2 is 1.78 bits per heavy atom. The Labute approximate surface area is 106 Å². The van der Waals surface area contributed by atoms with Gasteiger partial charge in [0, 0.05) is 17.7 Å². The zero-order valence-corrected chi connectivity index (χ0v) is 10.2. The summed E-state index contributed by atoms with van der Waals surface area (Å²) in [6, 6.07) is 13.5. The minimum absolute atomic E-state index is 0.866. The van der Waals surface area contributed by atoms with Gasteiger partial charge in [-0.3, -0.25) is 5.41 Å². The third-order valence-electron chi connectivity index (χ3n) is 2.48. The van der Waals surface area contributed by atoms with Crippen LogP contribution in [-0.2, 0) is 7.05 Å². The summed E-state index contributed by atoms with van der Waals surface area (Å²) in [5, 5.41) is 13.2. The monoisotopic (exact) mass is 239 g/mol. The molecule has 0 aliphatic carbocycles. The maximum absolute atomic E-state index is 7.38. The molecule has 0 saturated heterocycles. The first-order valence-corrected chi connectivity index (χ1v) is 5.64. The number of pyridine rings is 1. The highest BCUT2D eigenvalue weighted by atomic mass is 15.4. The highest BCUT2D eigenvalue weighted by Crippen LogP contribution is 2.11. The fourth-order valence-corrected chi connectivity index (χ4v) is 1.48. The van der Waals surface area contributed by atoms with Crippen molar-refractivity contribution in [2.45, 2.75) is 0 Å². The van der Waals surface area contributed by atoms with Crippen molar-refractivity contribution in [1.82, 2.24) is 0 Å². The van der Waals surface area contributed by atoms with Gasteiger partial charge < -0.3 is 0 Å². The molecular weight excluding hydrogens is 224 g/mol. The minimum atomic E-state index is 0.866. The van der Waals surface area contributed by atoms with E-state index in [4.69, 9.17) is 5.41 Å². The van der Waals surface area contributed by atoms with Gasteiger partial charge in [0.1, 0.15) is 13.4 Å². The van der Waals surface area contributed by atoms with Crippen molar-refractivity contribution in [3.63, 3.8) is 0 Å². The molecule has 0 unspecified atom stereocenters. The van der Waals surface area contributed by atoms with Gasteiger partial charge in [0.15, 0.2) is 12.4 Å². The quantitative estimate of drug-likeness (QED) is 0.377. The molecule has 2 aromatic rings. The Kier molecular flexibility index (Phi) is 3.81. The maximum Gasteiger partial charge on any atom is 0.169 e. The van der Waals surface area contributed by atoms with Gasteiger partial charge in [-0.25, -0.2) is 9.58 Å². The number of hydrazone groups is 1. The molecule has 0 fully saturated rings. The van der Waals surface area contributed by atoms with Crippen LogP contribution in [-0.4, -0.2) is 12.6 Å². The van der Waals surface area contributed by atoms with Crippen LogP contribution in [0.3, 0.4) is 0 Å². The number of benzene rings is 1. The van der Waals surface area contributed by atoms with Crippen molar-refractivity contribution in [3.05, 3.63) is 60.4 Å². The van der Waals surface area contributed by atoms with Gasteiger partial charge in [0.2, 0.25) is 0 Å². The lowest BCUT2D eigenvalue weighted by molar-refractivity contribution is -0.671. The van der Waals surface area contributed by atoms with Crippen molar-refractivity contribution < 1.29 is 4.57 Å². The largest absolute Gasteiger partial charge is 0.289 e. The molecule has 1 N–H and O–H groups in total. The molecular formula is C14H15N4+. The van der Waals surface area contributed by atoms with Crippen LogP contribution in [0.1, 0.15) is 5.56 Å². The molecule has 18 heavy (non-hydrogen) atoms. The number of aromatic nitrogens is 1. The predicted octanol–water partition coefficient (Wildman–Crippen LogP) is 1.96. The molecule has 0 aliphatic rings. The lowest BCUT2D eigenvalue weighted by Crippen LogP contribution is -2.26. The predicted molar refractivity (Wildman–Crippen MR) is 72.9 cm³/mol. The molecule has 1 heterocycles. The number of anilines is 1. The first kappa shape index (κ1) is 12.0. The van der Waals surface area contributed by atoms with Gasteiger partial charge in [-0.05, 0) is 12.1 Å². The second-order valence-corrected chi connectivity index (χ2v) is 3.85. The number of hydrogen-bond donors (Lipinski definition) is 1. The van der Waals surface area contributed by atoms with Gasteiger partial charge in [-0.2, -0.15) is 5.10 Å². The Morgan fingerprint density at radius 1 is 1.11 bits per heavy atom. The summed E-state index contributed by atoms with van der Waals surface area (Å²) in [4.78, 5) is 0. The summed E-state index contributed by atoms with van der Waals surface area (Å²) in [7, 11) is 1.97. The van der Waals surface area contributed by atoms with E-state index in [9.17, 15) is 0 Å². The lowest BCUT2D eigenvalue weighted by Gasteiger charge is -2.11. The summed E-state index contributed by atoms with van der Waals surface area (Å²) in [6.07, 6.45) is 6.84. The van der Waals surface area contributed by atoms with Crippen molar-refractivity contribution in [1.29, 1.82) is 5.41 Å². The van der Waals surface area contributed by atoms with E-state index >= 15 is 0 Å². The molecule has 0 atom stereocenters. The molecule has 0 spiro atoms. The average Bonchev–Trinajstić information content (AvgIpc) is 2.43. The van der Waals surface area contributed by atoms with Crippen LogP contribution < -0.4 is 9.58 Å². The summed E-state index contributed by atoms with van der Waals surface area (Å²) >= 11 is 0. The smallest absolute Gasteiger partial charge is 0.169 e. The Morgan fingerprint density at radius 3 is 2.39 bits per heavy atom. The maximum atomic E-state index is 7.38. The normalized spacial score (nSPS) is 10.5. The topological polar surface area (TPSA) is 43.3 Å². The number of para-hydroxylation sites is 1. The van der Waals surface area contributed by atoms with Gasteiger partial charge >= 0.3 is 0 Å². The van der Waals surface area contributed by atoms with Crippen LogP contribution in [0.25, 0.3) is 0 Å². The highest BCUT2D eigenvalue weighted by molar-refractivity contribution is 5.84. The van der Waals surface area contributed by atoms with E-state index in [1.807, 2.05) is 66.5 Å². The molecule has 0 bridgehead atoms. The van der Waals surface area contributed by atoms with Gasteiger partial charge in [-0.1, -0.05) is 18.2 Å². The van der Waals surface area contributed by atoms with Gasteiger partial charge in [0.05, 0.1) is 11.9 Å². The Bertz CT molecular complexity index is 531. The lowest BCUT2D eigenvalue weighted by atomic mass is 10.3. The first-order chi connectivity index (χ1) is 8.79. The van der Waals surface area contributed by atoms with E-state index in [1.165, 1.54) is 11.3 Å². The molecule has 4 heteroatoms. The summed E-state index contributed by atoms with van der Waals surface area (Å²) < 4.78 is 1.96. The Hall–Kier alpha value is -2.49. The third kappa shape index (κ3) is 3.01. The van der Waals surface area contributed by atoms with E-state index in [0.29, 0.717) is 0 Å². The molecule has 4 nitrogen and oxygen atoms in total. The SMILES string of the molecule is C[n+]1ccc(C=NN(C=N)c2ccccc2)cc1. The van der Waals surface area contributed by atoms with Crippen molar-refractivity contribution in [3.8, 4) is 0 Å². The van der Waals surface area contributed by atoms with Gasteiger partial charge in [-0.15, -0.1) is 0 Å². The molecule has 0 saturated carbocycles. The molecule has 2 rings (SSSR count). The van der Waals surface area contributed by atoms with Crippen LogP contribution in [0.4, 0.5) is 5.69 Å². The zero-order chi connectivity index (χ0) is 12.8. The second-order valence-electron chi connectivity index (χ2n) is 3.85. The second kappa shape index (κ2) is 5.72. The summed E-state index contributed by atoms with van der Waals surface area (Å²) in [5.74, 6) is 0. The Balaban J connectivity index is 2.16. The molecule has 1 aromatic carbocycles. The van der Waals surface area contributed by atoms with Crippen molar-refractivity contribution >= 4 is 18.2 Å². The van der Waals surface area contributed by atoms with Crippen LogP contribution in [0.5, 0.6) is 0 Å². The van der Waals surface area contributed by atoms with Crippen LogP contribution in [0.15, 0.2) is 60.0 Å². The minimum Gasteiger partial charge on any atom is -0.289 e. The zero-order valence-electron chi connectivity index (χ0n) is 10.2. The van der Waals surface area contributed by atoms with Crippen LogP contribution >= 0.6 is 0 Å². The summed E-state index contributed by atoms with van der Waals surface area (Å²) in [6.45, 7) is 0. The van der Waals surface area contributed by atoms with Crippen molar-refractivity contribution in [2.75, 3.05) is 5.01 Å². The fraction of sp³-hybridized carbons (Fsp3) is 0.0714. The fourth-order valence-electron chi connectivity index (χ4n) is 1.48. The van der Waals surface area contributed by atoms with E-state index in [2.05, 4.69) is 5.10 Å². The number of nitrogens with zero attached hydrogens (tertiary/aromatic N) is 3. The third-order valence-corrected chi connectivity index (χ3v) is 2.48. The highest BCUT2D eigenvalue weighted by Gasteiger charge is 1.99. The van der Waals surface area contributed by atoms with E-state index < -0.39 is 0 Å². The molecule has 1 aromatic heterocycles. The van der Waals surface area contributed by atoms with Crippen molar-refractivity contribution in [2.24, 2.45) is 12.1 Å². The molecule has 0 aliphatic heterocycles. The van der Waals surface area contributed by atoms with Crippen LogP contribution in [0.2, 0.25) is 0 Å². The van der Waals surface area contributed by atoms with E-state index in [0.717, 1.165) is 11.3 Å². The number of nitrogens with one attached hydrogen (secondary N) is 1. The molecule has 0 amide bonds. The van der Waals surface area contributed by atoms with E-state index in [1.54, 1.807) is 6.21 Å². The summed E-state index contributed by atoms with van der Waals surface area (Å²) in [5.41, 5.74) is 1.86. The molecule has 90 valence electrons. The standard InChI is InChI=1S/C14H15N4/c1-17-9-7-13(8-10-17)11-16-18(12-15)14-5-3-2-4-6-14/h2-12,15H,1H3/q+1.